The third kappa shape index (κ3) is 5.63. The van der Waals surface area contributed by atoms with E-state index < -0.39 is 0 Å². The molecular formula is C25H27ClN4O3S2. The van der Waals surface area contributed by atoms with E-state index in [0.29, 0.717) is 39.0 Å². The van der Waals surface area contributed by atoms with Gasteiger partial charge in [0, 0.05) is 17.0 Å². The fraction of sp³-hybridized carbons (Fsp3) is 0.360. The molecule has 4 rings (SSSR count). The highest BCUT2D eigenvalue weighted by Gasteiger charge is 2.29. The molecule has 10 heteroatoms. The van der Waals surface area contributed by atoms with Gasteiger partial charge in [-0.3, -0.25) is 9.36 Å². The number of carbonyl (C=O) groups is 2. The van der Waals surface area contributed by atoms with Crippen molar-refractivity contribution in [1.82, 2.24) is 14.8 Å². The number of ether oxygens (including phenoxy) is 1. The Labute approximate surface area is 217 Å². The minimum absolute atomic E-state index is 0.110. The van der Waals surface area contributed by atoms with Crippen LogP contribution in [0.4, 0.5) is 5.00 Å². The lowest BCUT2D eigenvalue weighted by Crippen LogP contribution is -2.18. The van der Waals surface area contributed by atoms with Gasteiger partial charge in [0.2, 0.25) is 5.91 Å². The van der Waals surface area contributed by atoms with Crippen LogP contribution < -0.4 is 5.32 Å². The summed E-state index contributed by atoms with van der Waals surface area (Å²) in [5.41, 5.74) is 2.29. The first-order chi connectivity index (χ1) is 16.9. The molecule has 35 heavy (non-hydrogen) atoms. The first kappa shape index (κ1) is 25.5. The van der Waals surface area contributed by atoms with Gasteiger partial charge in [-0.15, -0.1) is 28.1 Å². The lowest BCUT2D eigenvalue weighted by atomic mass is 9.88. The molecule has 2 aromatic heterocycles. The van der Waals surface area contributed by atoms with Crippen molar-refractivity contribution in [2.75, 3.05) is 17.7 Å². The van der Waals surface area contributed by atoms with Gasteiger partial charge in [0.05, 0.1) is 22.9 Å². The summed E-state index contributed by atoms with van der Waals surface area (Å²) < 4.78 is 7.17. The third-order valence-corrected chi connectivity index (χ3v) is 8.19. The van der Waals surface area contributed by atoms with E-state index >= 15 is 0 Å². The molecule has 1 aromatic carbocycles. The second-order valence-electron chi connectivity index (χ2n) is 8.30. The quantitative estimate of drug-likeness (QED) is 0.211. The maximum Gasteiger partial charge on any atom is 0.341 e. The fourth-order valence-electron chi connectivity index (χ4n) is 4.08. The van der Waals surface area contributed by atoms with Crippen LogP contribution in [0.15, 0.2) is 42.1 Å². The number of allylic oxidation sites excluding steroid dienone is 1. The molecule has 0 radical (unpaired) electrons. The Morgan fingerprint density at radius 2 is 2.17 bits per heavy atom. The number of benzene rings is 1. The molecule has 0 spiro atoms. The molecule has 1 aliphatic carbocycles. The summed E-state index contributed by atoms with van der Waals surface area (Å²) in [6.07, 6.45) is 4.50. The van der Waals surface area contributed by atoms with Crippen molar-refractivity contribution in [3.8, 4) is 11.4 Å². The van der Waals surface area contributed by atoms with E-state index in [1.807, 2.05) is 22.8 Å². The lowest BCUT2D eigenvalue weighted by molar-refractivity contribution is -0.113. The van der Waals surface area contributed by atoms with Gasteiger partial charge in [-0.1, -0.05) is 48.5 Å². The molecule has 0 saturated heterocycles. The summed E-state index contributed by atoms with van der Waals surface area (Å²) >= 11 is 9.11. The van der Waals surface area contributed by atoms with E-state index in [2.05, 4.69) is 29.0 Å². The number of aromatic nitrogens is 3. The van der Waals surface area contributed by atoms with Crippen LogP contribution in [-0.4, -0.2) is 39.0 Å². The predicted molar refractivity (Wildman–Crippen MR) is 141 cm³/mol. The summed E-state index contributed by atoms with van der Waals surface area (Å²) in [6.45, 7) is 8.57. The smallest absolute Gasteiger partial charge is 0.341 e. The van der Waals surface area contributed by atoms with Crippen molar-refractivity contribution in [3.05, 3.63) is 57.9 Å². The number of thioether (sulfide) groups is 1. The Morgan fingerprint density at radius 1 is 1.37 bits per heavy atom. The number of nitrogens with one attached hydrogen (secondary N) is 1. The van der Waals surface area contributed by atoms with Crippen LogP contribution in [0.3, 0.4) is 0 Å². The number of hydrogen-bond donors (Lipinski definition) is 1. The Hall–Kier alpha value is -2.62. The Morgan fingerprint density at radius 3 is 2.91 bits per heavy atom. The molecule has 3 aromatic rings. The van der Waals surface area contributed by atoms with E-state index in [1.165, 1.54) is 23.1 Å². The summed E-state index contributed by atoms with van der Waals surface area (Å²) in [4.78, 5) is 26.8. The molecule has 0 bridgehead atoms. The zero-order chi connectivity index (χ0) is 24.9. The standard InChI is InChI=1S/C25H27ClN4O3S2/c1-4-12-30-22(16-8-6-7-9-18(16)26)28-29-25(30)34-14-20(31)27-23-21(24(32)33-5-2)17-11-10-15(3)13-19(17)35-23/h4,6-9,15H,1,5,10-14H2,2-3H3,(H,27,31). The number of halogens is 1. The van der Waals surface area contributed by atoms with Crippen molar-refractivity contribution < 1.29 is 14.3 Å². The van der Waals surface area contributed by atoms with E-state index in [4.69, 9.17) is 16.3 Å². The largest absolute Gasteiger partial charge is 0.462 e. The summed E-state index contributed by atoms with van der Waals surface area (Å²) in [6, 6.07) is 7.42. The van der Waals surface area contributed by atoms with Gasteiger partial charge < -0.3 is 10.1 Å². The monoisotopic (exact) mass is 530 g/mol. The Kier molecular flexibility index (Phi) is 8.30. The van der Waals surface area contributed by atoms with Crippen LogP contribution in [0.25, 0.3) is 11.4 Å². The number of anilines is 1. The van der Waals surface area contributed by atoms with Crippen LogP contribution in [0.1, 0.15) is 41.1 Å². The number of carbonyl (C=O) groups excluding carboxylic acids is 2. The van der Waals surface area contributed by atoms with Gasteiger partial charge in [0.15, 0.2) is 11.0 Å². The van der Waals surface area contributed by atoms with Crippen LogP contribution in [0.5, 0.6) is 0 Å². The zero-order valence-corrected chi connectivity index (χ0v) is 22.1. The lowest BCUT2D eigenvalue weighted by Gasteiger charge is -2.18. The van der Waals surface area contributed by atoms with Crippen LogP contribution >= 0.6 is 34.7 Å². The average molecular weight is 531 g/mol. The highest BCUT2D eigenvalue weighted by atomic mass is 35.5. The number of esters is 1. The van der Waals surface area contributed by atoms with Gasteiger partial charge in [0.25, 0.3) is 0 Å². The molecule has 1 amide bonds. The number of hydrogen-bond acceptors (Lipinski definition) is 7. The molecule has 0 saturated carbocycles. The van der Waals surface area contributed by atoms with Gasteiger partial charge in [-0.2, -0.15) is 0 Å². The van der Waals surface area contributed by atoms with E-state index in [1.54, 1.807) is 19.1 Å². The molecule has 184 valence electrons. The van der Waals surface area contributed by atoms with E-state index in [0.717, 1.165) is 35.3 Å². The molecule has 1 unspecified atom stereocenters. The molecule has 2 heterocycles. The Balaban J connectivity index is 1.52. The number of rotatable bonds is 9. The molecular weight excluding hydrogens is 504 g/mol. The van der Waals surface area contributed by atoms with Crippen molar-refractivity contribution in [3.63, 3.8) is 0 Å². The maximum absolute atomic E-state index is 12.9. The second kappa shape index (κ2) is 11.4. The minimum Gasteiger partial charge on any atom is -0.462 e. The van der Waals surface area contributed by atoms with Gasteiger partial charge in [-0.25, -0.2) is 4.79 Å². The zero-order valence-electron chi connectivity index (χ0n) is 19.7. The van der Waals surface area contributed by atoms with Crippen LogP contribution in [-0.2, 0) is 28.9 Å². The molecule has 7 nitrogen and oxygen atoms in total. The van der Waals surface area contributed by atoms with E-state index in [9.17, 15) is 9.59 Å². The number of amides is 1. The van der Waals surface area contributed by atoms with Crippen LogP contribution in [0.2, 0.25) is 5.02 Å². The fourth-order valence-corrected chi connectivity index (χ4v) is 6.46. The third-order valence-electron chi connectivity index (χ3n) is 5.72. The van der Waals surface area contributed by atoms with Gasteiger partial charge in [0.1, 0.15) is 5.00 Å². The first-order valence-corrected chi connectivity index (χ1v) is 13.6. The molecule has 1 aliphatic rings. The summed E-state index contributed by atoms with van der Waals surface area (Å²) in [5.74, 6) is 0.679. The molecule has 1 N–H and O–H groups in total. The van der Waals surface area contributed by atoms with E-state index in [-0.39, 0.29) is 24.2 Å². The predicted octanol–water partition coefficient (Wildman–Crippen LogP) is 5.88. The highest BCUT2D eigenvalue weighted by molar-refractivity contribution is 7.99. The van der Waals surface area contributed by atoms with Crippen molar-refractivity contribution in [1.29, 1.82) is 0 Å². The molecule has 0 fully saturated rings. The summed E-state index contributed by atoms with van der Waals surface area (Å²) in [7, 11) is 0. The SMILES string of the molecule is C=CCn1c(SCC(=O)Nc2sc3c(c2C(=O)OCC)CCC(C)C3)nnc1-c1ccccc1Cl. The second-order valence-corrected chi connectivity index (χ2v) is 10.8. The van der Waals surface area contributed by atoms with Gasteiger partial charge >= 0.3 is 5.97 Å². The van der Waals surface area contributed by atoms with Crippen molar-refractivity contribution in [2.24, 2.45) is 5.92 Å². The number of nitrogens with zero attached hydrogens (tertiary/aromatic N) is 3. The highest BCUT2D eigenvalue weighted by Crippen LogP contribution is 2.40. The van der Waals surface area contributed by atoms with Crippen molar-refractivity contribution >= 4 is 51.6 Å². The minimum atomic E-state index is -0.377. The normalized spacial score (nSPS) is 14.9. The average Bonchev–Trinajstić information content (AvgIpc) is 3.38. The van der Waals surface area contributed by atoms with Crippen molar-refractivity contribution in [2.45, 2.75) is 44.8 Å². The topological polar surface area (TPSA) is 86.1 Å². The number of fused-ring (bicyclic) bond motifs is 1. The van der Waals surface area contributed by atoms with Crippen LogP contribution in [0, 0.1) is 5.92 Å². The maximum atomic E-state index is 12.9. The molecule has 1 atom stereocenters. The Bertz CT molecular complexity index is 1250. The first-order valence-electron chi connectivity index (χ1n) is 11.5. The number of thiophene rings is 1. The van der Waals surface area contributed by atoms with Gasteiger partial charge in [-0.05, 0) is 49.8 Å². The summed E-state index contributed by atoms with van der Waals surface area (Å²) in [5, 5.41) is 13.3. The molecule has 0 aliphatic heterocycles.